The zero-order valence-electron chi connectivity index (χ0n) is 52.6. The molecule has 0 N–H and O–H groups in total. The van der Waals surface area contributed by atoms with Crippen molar-refractivity contribution in [3.63, 3.8) is 0 Å². The summed E-state index contributed by atoms with van der Waals surface area (Å²) in [7, 11) is 0. The first-order chi connectivity index (χ1) is 40.4. The summed E-state index contributed by atoms with van der Waals surface area (Å²) >= 11 is 0. The van der Waals surface area contributed by atoms with Crippen LogP contribution in [0.1, 0.15) is 156 Å². The minimum Gasteiger partial charge on any atom is -0.468 e. The molecule has 1 aromatic heterocycles. The molecule has 9 aromatic carbocycles. The second-order valence-electron chi connectivity index (χ2n) is 30.0. The van der Waals surface area contributed by atoms with E-state index < -0.39 is 0 Å². The highest BCUT2D eigenvalue weighted by Crippen LogP contribution is 2.55. The van der Waals surface area contributed by atoms with Gasteiger partial charge in [-0.2, -0.15) is 0 Å². The molecule has 0 fully saturated rings. The summed E-state index contributed by atoms with van der Waals surface area (Å²) in [6.07, 6.45) is 4.54. The molecule has 426 valence electrons. The maximum atomic E-state index is 7.64. The number of furan rings is 1. The van der Waals surface area contributed by atoms with E-state index in [0.717, 1.165) is 82.1 Å². The molecule has 0 saturated heterocycles. The zero-order chi connectivity index (χ0) is 59.3. The van der Waals surface area contributed by atoms with Crippen molar-refractivity contribution in [2.45, 2.75) is 155 Å². The Morgan fingerprint density at radius 3 is 1.39 bits per heavy atom. The van der Waals surface area contributed by atoms with E-state index in [1.165, 1.54) is 77.9 Å². The van der Waals surface area contributed by atoms with Crippen LogP contribution in [0.3, 0.4) is 0 Å². The van der Waals surface area contributed by atoms with Gasteiger partial charge < -0.3 is 19.1 Å². The van der Waals surface area contributed by atoms with Gasteiger partial charge in [-0.1, -0.05) is 212 Å². The summed E-state index contributed by atoms with van der Waals surface area (Å²) in [5.74, 6) is 0. The highest BCUT2D eigenvalue weighted by molar-refractivity contribution is 7.00. The number of benzene rings is 9. The fourth-order valence-corrected chi connectivity index (χ4v) is 14.8. The van der Waals surface area contributed by atoms with Gasteiger partial charge in [0.1, 0.15) is 5.58 Å². The van der Waals surface area contributed by atoms with Crippen LogP contribution in [-0.4, -0.2) is 6.71 Å². The summed E-state index contributed by atoms with van der Waals surface area (Å²) in [4.78, 5) is 7.77. The minimum absolute atomic E-state index is 0.00904. The van der Waals surface area contributed by atoms with Gasteiger partial charge in [-0.15, -0.1) is 0 Å². The Balaban J connectivity index is 1.12. The van der Waals surface area contributed by atoms with Crippen molar-refractivity contribution in [1.29, 1.82) is 0 Å². The largest absolute Gasteiger partial charge is 0.468 e. The summed E-state index contributed by atoms with van der Waals surface area (Å²) in [5, 5.41) is 1.13. The Hall–Kier alpha value is -8.02. The highest BCUT2D eigenvalue weighted by Gasteiger charge is 2.50. The van der Waals surface area contributed by atoms with E-state index in [1.54, 1.807) is 0 Å². The Morgan fingerprint density at radius 1 is 0.400 bits per heavy atom. The van der Waals surface area contributed by atoms with E-state index >= 15 is 0 Å². The minimum atomic E-state index is -0.223. The predicted molar refractivity (Wildman–Crippen MR) is 364 cm³/mol. The molecule has 5 heteroatoms. The van der Waals surface area contributed by atoms with Crippen molar-refractivity contribution in [2.75, 3.05) is 14.7 Å². The van der Waals surface area contributed by atoms with E-state index in [1.807, 2.05) is 0 Å². The van der Waals surface area contributed by atoms with Crippen LogP contribution in [0.25, 0.3) is 33.2 Å². The molecule has 0 bridgehead atoms. The third-order valence-corrected chi connectivity index (χ3v) is 20.3. The van der Waals surface area contributed by atoms with Crippen LogP contribution in [0.15, 0.2) is 199 Å². The van der Waals surface area contributed by atoms with Gasteiger partial charge in [-0.05, 0) is 204 Å². The van der Waals surface area contributed by atoms with Gasteiger partial charge in [-0.3, -0.25) is 0 Å². The van der Waals surface area contributed by atoms with Crippen molar-refractivity contribution >= 4 is 85.5 Å². The van der Waals surface area contributed by atoms with Crippen molar-refractivity contribution in [1.82, 2.24) is 0 Å². The average Bonchev–Trinajstić information content (AvgIpc) is 1.94. The van der Waals surface area contributed by atoms with Crippen molar-refractivity contribution in [3.8, 4) is 22.3 Å². The van der Waals surface area contributed by atoms with Crippen LogP contribution in [-0.2, 0) is 32.5 Å². The Labute approximate surface area is 506 Å². The van der Waals surface area contributed by atoms with Crippen LogP contribution < -0.4 is 31.3 Å². The summed E-state index contributed by atoms with van der Waals surface area (Å²) in [6, 6.07) is 74.2. The van der Waals surface area contributed by atoms with Gasteiger partial charge in [0.2, 0.25) is 0 Å². The smallest absolute Gasteiger partial charge is 0.297 e. The number of fused-ring (bicyclic) bond motifs is 8. The van der Waals surface area contributed by atoms with Crippen LogP contribution in [0.5, 0.6) is 0 Å². The molecule has 0 spiro atoms. The van der Waals surface area contributed by atoms with Crippen LogP contribution in [0, 0.1) is 0 Å². The number of hydrogen-bond acceptors (Lipinski definition) is 4. The van der Waals surface area contributed by atoms with Crippen LogP contribution in [0.2, 0.25) is 0 Å². The number of rotatable bonds is 7. The van der Waals surface area contributed by atoms with E-state index in [9.17, 15) is 0 Å². The SMILES string of the molecule is CC(C)(C)c1ccc(N2c3cc(N(c4ccc(-c5ccccc5)cc4)c4ccc(-c5ccccc5)cc4)cc4c3B(c3cc5c(cc3N4c3ccc4c(c3)C(C)(C)CCC4(C)C)C(C)(C)CCC5(C)C)c3oc4ccc(C(C)(C)C)cc4c32)cc1. The van der Waals surface area contributed by atoms with Gasteiger partial charge in [0.25, 0.3) is 6.71 Å². The standard InChI is InChI=1S/C80H82BN3O/c1-75(2,3)55-29-36-59(37-30-55)84-70-48-61(82(57-32-25-53(26-33-57)51-21-17-15-18-22-51)58-34-27-54(28-35-58)52-23-19-16-20-24-52)47-69-72(70)81(74-73(84)62-45-56(76(4,5)6)31-40-71(62)85-74)67-49-65-66(80(13,14)44-43-79(65,11)12)50-68(67)83(69)60-38-39-63-64(46-60)78(9,10)42-41-77(63,7)8/h15-40,45-50H,41-44H2,1-14H3. The molecule has 2 aliphatic heterocycles. The lowest BCUT2D eigenvalue weighted by atomic mass is 9.35. The van der Waals surface area contributed by atoms with Crippen molar-refractivity contribution < 1.29 is 4.42 Å². The molecule has 0 unspecified atom stereocenters. The molecule has 0 saturated carbocycles. The number of hydrogen-bond donors (Lipinski definition) is 0. The molecule has 3 heterocycles. The van der Waals surface area contributed by atoms with Gasteiger partial charge in [0.05, 0.1) is 17.0 Å². The summed E-state index contributed by atoms with van der Waals surface area (Å²) in [5.41, 5.74) is 27.6. The van der Waals surface area contributed by atoms with Gasteiger partial charge in [0.15, 0.2) is 0 Å². The first kappa shape index (κ1) is 54.9. The van der Waals surface area contributed by atoms with Crippen LogP contribution in [0.4, 0.5) is 51.2 Å². The lowest BCUT2D eigenvalue weighted by molar-refractivity contribution is 0.332. The third kappa shape index (κ3) is 9.08. The number of nitrogens with zero attached hydrogens (tertiary/aromatic N) is 3. The first-order valence-electron chi connectivity index (χ1n) is 31.3. The molecule has 4 aliphatic rings. The molecule has 4 nitrogen and oxygen atoms in total. The van der Waals surface area contributed by atoms with E-state index in [4.69, 9.17) is 4.42 Å². The second kappa shape index (κ2) is 19.2. The molecule has 2 aliphatic carbocycles. The number of anilines is 9. The molecule has 10 aromatic rings. The Morgan fingerprint density at radius 2 is 0.859 bits per heavy atom. The second-order valence-corrected chi connectivity index (χ2v) is 30.0. The fraction of sp³-hybridized carbons (Fsp3) is 0.300. The van der Waals surface area contributed by atoms with Crippen LogP contribution >= 0.6 is 0 Å². The molecular weight excluding hydrogens is 1030 g/mol. The normalized spacial score (nSPS) is 16.9. The highest BCUT2D eigenvalue weighted by atomic mass is 16.3. The van der Waals surface area contributed by atoms with E-state index in [-0.39, 0.29) is 39.2 Å². The maximum Gasteiger partial charge on any atom is 0.297 e. The lowest BCUT2D eigenvalue weighted by Crippen LogP contribution is -2.61. The molecule has 14 rings (SSSR count). The summed E-state index contributed by atoms with van der Waals surface area (Å²) in [6.45, 7) is 33.4. The molecule has 0 atom stereocenters. The Kier molecular flexibility index (Phi) is 12.4. The molecule has 85 heavy (non-hydrogen) atoms. The maximum absolute atomic E-state index is 7.64. The van der Waals surface area contributed by atoms with Gasteiger partial charge >= 0.3 is 0 Å². The zero-order valence-corrected chi connectivity index (χ0v) is 52.6. The monoisotopic (exact) mass is 1110 g/mol. The fourth-order valence-electron chi connectivity index (χ4n) is 14.8. The van der Waals surface area contributed by atoms with Gasteiger partial charge in [0, 0.05) is 45.2 Å². The quantitative estimate of drug-likeness (QED) is 0.148. The third-order valence-electron chi connectivity index (χ3n) is 20.3. The van der Waals surface area contributed by atoms with Crippen molar-refractivity contribution in [3.05, 3.63) is 228 Å². The van der Waals surface area contributed by atoms with E-state index in [0.29, 0.717) is 0 Å². The Bertz CT molecular complexity index is 4160. The van der Waals surface area contributed by atoms with Crippen molar-refractivity contribution in [2.24, 2.45) is 0 Å². The average molecular weight is 1110 g/mol. The summed E-state index contributed by atoms with van der Waals surface area (Å²) < 4.78 is 7.64. The topological polar surface area (TPSA) is 22.9 Å². The van der Waals surface area contributed by atoms with Gasteiger partial charge in [-0.25, -0.2) is 0 Å². The van der Waals surface area contributed by atoms with E-state index in [2.05, 4.69) is 306 Å². The predicted octanol–water partition coefficient (Wildman–Crippen LogP) is 20.6. The molecule has 0 amide bonds. The molecular formula is C80H82BN3O. The molecule has 0 radical (unpaired) electrons. The first-order valence-corrected chi connectivity index (χ1v) is 31.3. The lowest BCUT2D eigenvalue weighted by Gasteiger charge is -2.47.